The normalized spacial score (nSPS) is 16.2. The lowest BCUT2D eigenvalue weighted by Gasteiger charge is -2.37. The lowest BCUT2D eigenvalue weighted by molar-refractivity contribution is 0.0351. The predicted molar refractivity (Wildman–Crippen MR) is 129 cm³/mol. The lowest BCUT2D eigenvalue weighted by atomic mass is 9.93. The first-order chi connectivity index (χ1) is 15.5. The molecular formula is C25H33N5O3. The first-order valence-corrected chi connectivity index (χ1v) is 11.5. The van der Waals surface area contributed by atoms with Gasteiger partial charge in [0.05, 0.1) is 28.3 Å². The molecule has 0 bridgehead atoms. The maximum Gasteiger partial charge on any atom is 0.274 e. The molecule has 8 nitrogen and oxygen atoms in total. The van der Waals surface area contributed by atoms with Gasteiger partial charge in [0.2, 0.25) is 0 Å². The molecular weight excluding hydrogens is 418 g/mol. The second-order valence-electron chi connectivity index (χ2n) is 9.98. The summed E-state index contributed by atoms with van der Waals surface area (Å²) in [7, 11) is 0. The Morgan fingerprint density at radius 2 is 1.94 bits per heavy atom. The van der Waals surface area contributed by atoms with Gasteiger partial charge >= 0.3 is 0 Å². The molecule has 0 saturated carbocycles. The van der Waals surface area contributed by atoms with E-state index in [0.29, 0.717) is 50.2 Å². The highest BCUT2D eigenvalue weighted by atomic mass is 16.3. The van der Waals surface area contributed by atoms with Crippen molar-refractivity contribution in [1.82, 2.24) is 14.4 Å². The molecule has 8 heteroatoms. The van der Waals surface area contributed by atoms with Crippen LogP contribution in [0.25, 0.3) is 5.65 Å². The van der Waals surface area contributed by atoms with E-state index in [-0.39, 0.29) is 5.91 Å². The number of imidazole rings is 1. The molecule has 0 aliphatic carbocycles. The number of aromatic nitrogens is 3. The minimum Gasteiger partial charge on any atom is -0.390 e. The number of hydrogen-bond acceptors (Lipinski definition) is 6. The zero-order valence-corrected chi connectivity index (χ0v) is 19.8. The highest BCUT2D eigenvalue weighted by Crippen LogP contribution is 2.33. The zero-order valence-electron chi connectivity index (χ0n) is 19.8. The number of aliphatic hydroxyl groups is 2. The van der Waals surface area contributed by atoms with Crippen LogP contribution in [0.3, 0.4) is 0 Å². The van der Waals surface area contributed by atoms with Crippen molar-refractivity contribution in [2.75, 3.05) is 23.3 Å². The van der Waals surface area contributed by atoms with Crippen molar-refractivity contribution in [3.05, 3.63) is 53.7 Å². The van der Waals surface area contributed by atoms with Gasteiger partial charge in [-0.05, 0) is 65.5 Å². The topological polar surface area (TPSA) is 103 Å². The number of carbonyl (C=O) groups is 1. The standard InChI is InChI=1S/C25H33N5O3/c1-17-6-5-7-19(26-17)23(31)28-20-16-30-15-18(8-9-24(2,3)32)27-22(30)14-21(20)29-12-10-25(4,33)11-13-29/h5-7,14-16,32-33H,8-13H2,1-4H3,(H,28,31). The number of piperidine rings is 1. The molecule has 0 radical (unpaired) electrons. The van der Waals surface area contributed by atoms with Crippen molar-refractivity contribution in [3.63, 3.8) is 0 Å². The Morgan fingerprint density at radius 1 is 1.21 bits per heavy atom. The summed E-state index contributed by atoms with van der Waals surface area (Å²) in [4.78, 5) is 24.2. The summed E-state index contributed by atoms with van der Waals surface area (Å²) in [6.45, 7) is 8.66. The first-order valence-electron chi connectivity index (χ1n) is 11.5. The molecule has 1 aliphatic heterocycles. The molecule has 1 saturated heterocycles. The number of pyridine rings is 2. The third-order valence-electron chi connectivity index (χ3n) is 6.16. The van der Waals surface area contributed by atoms with Crippen molar-refractivity contribution in [1.29, 1.82) is 0 Å². The van der Waals surface area contributed by atoms with E-state index >= 15 is 0 Å². The number of hydrogen-bond donors (Lipinski definition) is 3. The van der Waals surface area contributed by atoms with E-state index in [1.165, 1.54) is 0 Å². The molecule has 1 amide bonds. The quantitative estimate of drug-likeness (QED) is 0.531. The Bertz CT molecular complexity index is 1150. The van der Waals surface area contributed by atoms with Crippen molar-refractivity contribution in [2.24, 2.45) is 0 Å². The number of carbonyl (C=O) groups excluding carboxylic acids is 1. The van der Waals surface area contributed by atoms with Crippen LogP contribution in [0.4, 0.5) is 11.4 Å². The van der Waals surface area contributed by atoms with E-state index in [4.69, 9.17) is 4.98 Å². The molecule has 0 unspecified atom stereocenters. The highest BCUT2D eigenvalue weighted by Gasteiger charge is 2.29. The molecule has 1 fully saturated rings. The first kappa shape index (κ1) is 23.2. The van der Waals surface area contributed by atoms with Crippen molar-refractivity contribution >= 4 is 22.9 Å². The average Bonchev–Trinajstić information content (AvgIpc) is 3.13. The molecule has 1 aliphatic rings. The number of fused-ring (bicyclic) bond motifs is 1. The van der Waals surface area contributed by atoms with Crippen LogP contribution in [0, 0.1) is 6.92 Å². The fourth-order valence-corrected chi connectivity index (χ4v) is 4.07. The van der Waals surface area contributed by atoms with E-state index in [2.05, 4.69) is 15.2 Å². The van der Waals surface area contributed by atoms with Crippen molar-refractivity contribution < 1.29 is 15.0 Å². The maximum absolute atomic E-state index is 13.0. The number of anilines is 2. The molecule has 4 rings (SSSR count). The van der Waals surface area contributed by atoms with Gasteiger partial charge in [0, 0.05) is 37.2 Å². The third kappa shape index (κ3) is 5.69. The third-order valence-corrected chi connectivity index (χ3v) is 6.16. The molecule has 0 spiro atoms. The molecule has 0 aromatic carbocycles. The van der Waals surface area contributed by atoms with Gasteiger partial charge in [0.1, 0.15) is 11.3 Å². The summed E-state index contributed by atoms with van der Waals surface area (Å²) in [6.07, 6.45) is 6.38. The minimum atomic E-state index is -0.758. The molecule has 4 heterocycles. The maximum atomic E-state index is 13.0. The summed E-state index contributed by atoms with van der Waals surface area (Å²) in [6, 6.07) is 7.35. The Balaban J connectivity index is 1.67. The summed E-state index contributed by atoms with van der Waals surface area (Å²) in [5.74, 6) is -0.273. The minimum absolute atomic E-state index is 0.273. The van der Waals surface area contributed by atoms with Gasteiger partial charge in [-0.25, -0.2) is 9.97 Å². The number of aryl methyl sites for hydroxylation is 2. The van der Waals surface area contributed by atoms with Crippen LogP contribution in [0.15, 0.2) is 36.7 Å². The number of nitrogens with one attached hydrogen (secondary N) is 1. The van der Waals surface area contributed by atoms with E-state index in [1.807, 2.05) is 48.8 Å². The van der Waals surface area contributed by atoms with Gasteiger partial charge in [-0.15, -0.1) is 0 Å². The predicted octanol–water partition coefficient (Wildman–Crippen LogP) is 3.34. The Labute approximate surface area is 194 Å². The highest BCUT2D eigenvalue weighted by molar-refractivity contribution is 6.04. The lowest BCUT2D eigenvalue weighted by Crippen LogP contribution is -2.42. The number of rotatable bonds is 6. The van der Waals surface area contributed by atoms with Gasteiger partial charge < -0.3 is 24.8 Å². The fraction of sp³-hybridized carbons (Fsp3) is 0.480. The molecule has 3 aromatic rings. The summed E-state index contributed by atoms with van der Waals surface area (Å²) in [5, 5.41) is 23.5. The van der Waals surface area contributed by atoms with Gasteiger partial charge in [-0.2, -0.15) is 0 Å². The van der Waals surface area contributed by atoms with E-state index in [0.717, 1.165) is 22.7 Å². The van der Waals surface area contributed by atoms with Crippen LogP contribution >= 0.6 is 0 Å². The molecule has 33 heavy (non-hydrogen) atoms. The Kier molecular flexibility index (Phi) is 6.16. The van der Waals surface area contributed by atoms with E-state index < -0.39 is 11.2 Å². The average molecular weight is 452 g/mol. The SMILES string of the molecule is Cc1cccc(C(=O)Nc2cn3cc(CCC(C)(C)O)nc3cc2N2CCC(C)(O)CC2)n1. The van der Waals surface area contributed by atoms with Crippen LogP contribution in [0.5, 0.6) is 0 Å². The smallest absolute Gasteiger partial charge is 0.274 e. The van der Waals surface area contributed by atoms with Gasteiger partial charge in [0.15, 0.2) is 0 Å². The van der Waals surface area contributed by atoms with E-state index in [1.54, 1.807) is 19.9 Å². The summed E-state index contributed by atoms with van der Waals surface area (Å²) >= 11 is 0. The van der Waals surface area contributed by atoms with Crippen molar-refractivity contribution in [2.45, 2.75) is 64.6 Å². The fourth-order valence-electron chi connectivity index (χ4n) is 4.07. The molecule has 0 atom stereocenters. The Morgan fingerprint density at radius 3 is 2.61 bits per heavy atom. The van der Waals surface area contributed by atoms with Crippen LogP contribution < -0.4 is 10.2 Å². The van der Waals surface area contributed by atoms with E-state index in [9.17, 15) is 15.0 Å². The molecule has 3 N–H and O–H groups in total. The second kappa shape index (κ2) is 8.76. The molecule has 3 aromatic heterocycles. The molecule has 176 valence electrons. The number of nitrogens with zero attached hydrogens (tertiary/aromatic N) is 4. The van der Waals surface area contributed by atoms with Crippen LogP contribution in [-0.2, 0) is 6.42 Å². The Hall–Kier alpha value is -2.97. The van der Waals surface area contributed by atoms with Crippen molar-refractivity contribution in [3.8, 4) is 0 Å². The number of amides is 1. The largest absolute Gasteiger partial charge is 0.390 e. The zero-order chi connectivity index (χ0) is 23.8. The van der Waals surface area contributed by atoms with Gasteiger partial charge in [-0.1, -0.05) is 6.07 Å². The van der Waals surface area contributed by atoms with Gasteiger partial charge in [0.25, 0.3) is 5.91 Å². The van der Waals surface area contributed by atoms with Crippen LogP contribution in [0.2, 0.25) is 0 Å². The van der Waals surface area contributed by atoms with Gasteiger partial charge in [-0.3, -0.25) is 4.79 Å². The van der Waals surface area contributed by atoms with Crippen LogP contribution in [0.1, 0.15) is 61.9 Å². The monoisotopic (exact) mass is 451 g/mol. The summed E-state index contributed by atoms with van der Waals surface area (Å²) < 4.78 is 1.91. The van der Waals surface area contributed by atoms with Crippen LogP contribution in [-0.4, -0.2) is 54.8 Å². The summed E-state index contributed by atoms with van der Waals surface area (Å²) in [5.41, 5.74) is 2.91. The second-order valence-corrected chi connectivity index (χ2v) is 9.98.